The van der Waals surface area contributed by atoms with Gasteiger partial charge in [-0.2, -0.15) is 0 Å². The molecule has 0 bridgehead atoms. The number of hydrogen-bond acceptors (Lipinski definition) is 2. The number of rotatable bonds is 4. The SMILES string of the molecule is CC(C)CN[C@@H](C)C(N)=O.Cl.Cl. The Balaban J connectivity index is -0.000000405. The average molecular weight is 217 g/mol. The fraction of sp³-hybridized carbons (Fsp3) is 0.857. The highest BCUT2D eigenvalue weighted by Gasteiger charge is 2.06. The molecule has 0 aliphatic carbocycles. The molecule has 0 aliphatic rings. The standard InChI is InChI=1S/C7H16N2O.2ClH/c1-5(2)4-9-6(3)7(8)10;;/h5-6,9H,4H2,1-3H3,(H2,8,10);2*1H/t6-;;/m0../s1. The van der Waals surface area contributed by atoms with E-state index in [4.69, 9.17) is 5.73 Å². The lowest BCUT2D eigenvalue weighted by Gasteiger charge is -2.11. The van der Waals surface area contributed by atoms with E-state index < -0.39 is 0 Å². The summed E-state index contributed by atoms with van der Waals surface area (Å²) in [5.41, 5.74) is 5.02. The zero-order valence-corrected chi connectivity index (χ0v) is 9.30. The van der Waals surface area contributed by atoms with Crippen molar-refractivity contribution in [3.63, 3.8) is 0 Å². The third kappa shape index (κ3) is 10.0. The van der Waals surface area contributed by atoms with Crippen molar-refractivity contribution in [2.75, 3.05) is 6.54 Å². The first-order valence-corrected chi connectivity index (χ1v) is 3.56. The van der Waals surface area contributed by atoms with Gasteiger partial charge in [-0.25, -0.2) is 0 Å². The van der Waals surface area contributed by atoms with Crippen molar-refractivity contribution in [1.29, 1.82) is 0 Å². The minimum atomic E-state index is -0.291. The van der Waals surface area contributed by atoms with Crippen molar-refractivity contribution in [3.05, 3.63) is 0 Å². The van der Waals surface area contributed by atoms with Crippen molar-refractivity contribution >= 4 is 30.7 Å². The van der Waals surface area contributed by atoms with Gasteiger partial charge in [-0.3, -0.25) is 4.79 Å². The van der Waals surface area contributed by atoms with E-state index in [0.29, 0.717) is 5.92 Å². The van der Waals surface area contributed by atoms with Gasteiger partial charge in [-0.1, -0.05) is 13.8 Å². The zero-order valence-electron chi connectivity index (χ0n) is 7.66. The van der Waals surface area contributed by atoms with Crippen LogP contribution in [-0.4, -0.2) is 18.5 Å². The molecule has 0 saturated carbocycles. The average Bonchev–Trinajstić information content (AvgIpc) is 1.82. The van der Waals surface area contributed by atoms with Crippen LogP contribution in [0.4, 0.5) is 0 Å². The minimum absolute atomic E-state index is 0. The van der Waals surface area contributed by atoms with Gasteiger partial charge in [0.1, 0.15) is 0 Å². The second kappa shape index (κ2) is 9.10. The molecule has 0 unspecified atom stereocenters. The lowest BCUT2D eigenvalue weighted by atomic mass is 10.2. The zero-order chi connectivity index (χ0) is 8.15. The van der Waals surface area contributed by atoms with Gasteiger partial charge in [0.2, 0.25) is 5.91 Å². The van der Waals surface area contributed by atoms with Gasteiger partial charge >= 0.3 is 0 Å². The lowest BCUT2D eigenvalue weighted by Crippen LogP contribution is -2.40. The number of nitrogens with two attached hydrogens (primary N) is 1. The number of amides is 1. The number of halogens is 2. The Kier molecular flexibility index (Phi) is 13.6. The maximum atomic E-state index is 10.5. The Morgan fingerprint density at radius 2 is 1.75 bits per heavy atom. The molecule has 0 saturated heterocycles. The second-order valence-electron chi connectivity index (χ2n) is 2.93. The first-order valence-electron chi connectivity index (χ1n) is 3.56. The van der Waals surface area contributed by atoms with E-state index in [9.17, 15) is 4.79 Å². The monoisotopic (exact) mass is 216 g/mol. The minimum Gasteiger partial charge on any atom is -0.368 e. The Bertz CT molecular complexity index is 120. The molecule has 1 amide bonds. The topological polar surface area (TPSA) is 55.1 Å². The fourth-order valence-electron chi connectivity index (χ4n) is 0.513. The van der Waals surface area contributed by atoms with Gasteiger partial charge in [0.15, 0.2) is 0 Å². The summed E-state index contributed by atoms with van der Waals surface area (Å²) in [6, 6.07) is -0.206. The Labute approximate surface area is 86.3 Å². The van der Waals surface area contributed by atoms with E-state index in [-0.39, 0.29) is 36.8 Å². The molecule has 3 nitrogen and oxygen atoms in total. The van der Waals surface area contributed by atoms with Crippen molar-refractivity contribution in [1.82, 2.24) is 5.32 Å². The molecule has 0 aromatic carbocycles. The van der Waals surface area contributed by atoms with E-state index in [0.717, 1.165) is 6.54 Å². The maximum absolute atomic E-state index is 10.5. The van der Waals surface area contributed by atoms with Crippen molar-refractivity contribution in [3.8, 4) is 0 Å². The molecule has 76 valence electrons. The van der Waals surface area contributed by atoms with Crippen LogP contribution in [0.25, 0.3) is 0 Å². The van der Waals surface area contributed by atoms with Crippen LogP contribution in [0.1, 0.15) is 20.8 Å². The molecule has 0 rings (SSSR count). The first kappa shape index (κ1) is 17.9. The number of carbonyl (C=O) groups is 1. The normalized spacial score (nSPS) is 11.3. The van der Waals surface area contributed by atoms with Gasteiger partial charge in [0.05, 0.1) is 6.04 Å². The van der Waals surface area contributed by atoms with Crippen LogP contribution in [0.5, 0.6) is 0 Å². The highest BCUT2D eigenvalue weighted by atomic mass is 35.5. The first-order chi connectivity index (χ1) is 4.54. The van der Waals surface area contributed by atoms with Crippen LogP contribution < -0.4 is 11.1 Å². The largest absolute Gasteiger partial charge is 0.368 e. The molecule has 1 atom stereocenters. The van der Waals surface area contributed by atoms with Gasteiger partial charge < -0.3 is 11.1 Å². The predicted octanol–water partition coefficient (Wildman–Crippen LogP) is 0.949. The molecule has 0 spiro atoms. The summed E-state index contributed by atoms with van der Waals surface area (Å²) >= 11 is 0. The van der Waals surface area contributed by atoms with Crippen LogP contribution in [-0.2, 0) is 4.79 Å². The quantitative estimate of drug-likeness (QED) is 0.736. The van der Waals surface area contributed by atoms with Crippen LogP contribution in [0, 0.1) is 5.92 Å². The fourth-order valence-corrected chi connectivity index (χ4v) is 0.513. The molecule has 0 radical (unpaired) electrons. The van der Waals surface area contributed by atoms with Gasteiger partial charge in [0, 0.05) is 0 Å². The Hall–Kier alpha value is 0.01000. The molecule has 0 aliphatic heterocycles. The second-order valence-corrected chi connectivity index (χ2v) is 2.93. The lowest BCUT2D eigenvalue weighted by molar-refractivity contribution is -0.119. The van der Waals surface area contributed by atoms with Gasteiger partial charge in [0.25, 0.3) is 0 Å². The summed E-state index contributed by atoms with van der Waals surface area (Å²) in [6.07, 6.45) is 0. The summed E-state index contributed by atoms with van der Waals surface area (Å²) in [5, 5.41) is 3.01. The predicted molar refractivity (Wildman–Crippen MR) is 56.0 cm³/mol. The summed E-state index contributed by atoms with van der Waals surface area (Å²) < 4.78 is 0. The van der Waals surface area contributed by atoms with Crippen LogP contribution in [0.15, 0.2) is 0 Å². The van der Waals surface area contributed by atoms with E-state index in [1.165, 1.54) is 0 Å². The van der Waals surface area contributed by atoms with E-state index >= 15 is 0 Å². The van der Waals surface area contributed by atoms with E-state index in [1.54, 1.807) is 6.92 Å². The Morgan fingerprint density at radius 1 is 1.33 bits per heavy atom. The smallest absolute Gasteiger partial charge is 0.234 e. The van der Waals surface area contributed by atoms with E-state index in [1.807, 2.05) is 0 Å². The van der Waals surface area contributed by atoms with Gasteiger partial charge in [-0.05, 0) is 19.4 Å². The maximum Gasteiger partial charge on any atom is 0.234 e. The summed E-state index contributed by atoms with van der Waals surface area (Å²) in [4.78, 5) is 10.5. The highest BCUT2D eigenvalue weighted by Crippen LogP contribution is 1.88. The van der Waals surface area contributed by atoms with Crippen LogP contribution in [0.3, 0.4) is 0 Å². The van der Waals surface area contributed by atoms with E-state index in [2.05, 4.69) is 19.2 Å². The number of hydrogen-bond donors (Lipinski definition) is 2. The number of carbonyl (C=O) groups excluding carboxylic acids is 1. The number of nitrogens with one attached hydrogen (secondary N) is 1. The van der Waals surface area contributed by atoms with Gasteiger partial charge in [-0.15, -0.1) is 24.8 Å². The molecule has 0 aromatic rings. The molecule has 0 fully saturated rings. The molecule has 0 heterocycles. The van der Waals surface area contributed by atoms with Crippen LogP contribution in [0.2, 0.25) is 0 Å². The number of primary amides is 1. The van der Waals surface area contributed by atoms with Crippen LogP contribution >= 0.6 is 24.8 Å². The molecule has 0 aromatic heterocycles. The molecule has 3 N–H and O–H groups in total. The molecular formula is C7H18Cl2N2O. The summed E-state index contributed by atoms with van der Waals surface area (Å²) in [7, 11) is 0. The molecule has 12 heavy (non-hydrogen) atoms. The molecular weight excluding hydrogens is 199 g/mol. The Morgan fingerprint density at radius 3 is 2.00 bits per heavy atom. The van der Waals surface area contributed by atoms with Crippen molar-refractivity contribution in [2.45, 2.75) is 26.8 Å². The molecule has 5 heteroatoms. The summed E-state index contributed by atoms with van der Waals surface area (Å²) in [5.74, 6) is 0.266. The third-order valence-electron chi connectivity index (χ3n) is 1.26. The van der Waals surface area contributed by atoms with Crippen molar-refractivity contribution < 1.29 is 4.79 Å². The highest BCUT2D eigenvalue weighted by molar-refractivity contribution is 5.85. The summed E-state index contributed by atoms with van der Waals surface area (Å²) in [6.45, 7) is 6.77. The third-order valence-corrected chi connectivity index (χ3v) is 1.26. The van der Waals surface area contributed by atoms with Crippen molar-refractivity contribution in [2.24, 2.45) is 11.7 Å².